The molecular weight excluding hydrogens is 673 g/mol. The quantitative estimate of drug-likeness (QED) is 0.161. The van der Waals surface area contributed by atoms with E-state index in [1.54, 1.807) is 0 Å². The highest BCUT2D eigenvalue weighted by atomic mass is 14.5. The molecule has 0 aliphatic heterocycles. The van der Waals surface area contributed by atoms with E-state index in [4.69, 9.17) is 0 Å². The average molecular weight is 717 g/mol. The van der Waals surface area contributed by atoms with Gasteiger partial charge in [0, 0.05) is 5.41 Å². The Balaban J connectivity index is 1.10. The molecule has 3 aliphatic rings. The zero-order valence-electron chi connectivity index (χ0n) is 32.3. The van der Waals surface area contributed by atoms with E-state index < -0.39 is 0 Å². The first kappa shape index (κ1) is 33.1. The van der Waals surface area contributed by atoms with Gasteiger partial charge in [-0.15, -0.1) is 0 Å². The summed E-state index contributed by atoms with van der Waals surface area (Å²) in [6.07, 6.45) is 0.937. The Hall–Kier alpha value is -6.24. The summed E-state index contributed by atoms with van der Waals surface area (Å²) >= 11 is 0. The van der Waals surface area contributed by atoms with E-state index in [1.807, 2.05) is 0 Å². The highest BCUT2D eigenvalue weighted by Crippen LogP contribution is 2.63. The molecule has 3 aliphatic carbocycles. The second-order valence-corrected chi connectivity index (χ2v) is 16.8. The zero-order valence-corrected chi connectivity index (χ0v) is 32.3. The molecule has 11 rings (SSSR count). The van der Waals surface area contributed by atoms with Gasteiger partial charge in [0.1, 0.15) is 0 Å². The molecule has 2 unspecified atom stereocenters. The molecule has 8 aromatic rings. The normalized spacial score (nSPS) is 15.6. The summed E-state index contributed by atoms with van der Waals surface area (Å²) in [6.45, 7) is 7.29. The summed E-state index contributed by atoms with van der Waals surface area (Å²) < 4.78 is 0. The Morgan fingerprint density at radius 3 is 1.41 bits per heavy atom. The minimum Gasteiger partial charge on any atom is -0.0622 e. The van der Waals surface area contributed by atoms with E-state index in [0.29, 0.717) is 0 Å². The van der Waals surface area contributed by atoms with E-state index in [0.717, 1.165) is 6.42 Å². The van der Waals surface area contributed by atoms with Crippen molar-refractivity contribution < 1.29 is 0 Å². The van der Waals surface area contributed by atoms with Crippen molar-refractivity contribution in [1.82, 2.24) is 0 Å². The zero-order chi connectivity index (χ0) is 37.6. The first-order chi connectivity index (χ1) is 27.5. The predicted octanol–water partition coefficient (Wildman–Crippen LogP) is 14.1. The largest absolute Gasteiger partial charge is 0.0725 e. The molecule has 0 heteroatoms. The van der Waals surface area contributed by atoms with Crippen LogP contribution >= 0.6 is 0 Å². The first-order valence-electron chi connectivity index (χ1n) is 20.3. The van der Waals surface area contributed by atoms with E-state index in [-0.39, 0.29) is 22.7 Å². The predicted molar refractivity (Wildman–Crippen MR) is 233 cm³/mol. The Kier molecular flexibility index (Phi) is 7.33. The molecule has 0 amide bonds. The molecule has 1 spiro atoms. The molecule has 0 saturated carbocycles. The molecule has 0 saturated heterocycles. The van der Waals surface area contributed by atoms with Gasteiger partial charge in [0.15, 0.2) is 0 Å². The van der Waals surface area contributed by atoms with Crippen molar-refractivity contribution in [2.75, 3.05) is 0 Å². The van der Waals surface area contributed by atoms with Crippen molar-refractivity contribution >= 4 is 0 Å². The van der Waals surface area contributed by atoms with Crippen LogP contribution in [0.5, 0.6) is 0 Å². The number of fused-ring (bicyclic) bond motifs is 13. The van der Waals surface area contributed by atoms with Gasteiger partial charge in [0.25, 0.3) is 0 Å². The first-order valence-corrected chi connectivity index (χ1v) is 20.3. The van der Waals surface area contributed by atoms with Gasteiger partial charge < -0.3 is 0 Å². The molecule has 0 heterocycles. The van der Waals surface area contributed by atoms with Crippen LogP contribution in [0.25, 0.3) is 44.5 Å². The fourth-order valence-corrected chi connectivity index (χ4v) is 11.0. The Bertz CT molecular complexity index is 2770. The summed E-state index contributed by atoms with van der Waals surface area (Å²) in [7, 11) is 0. The Labute approximate surface area is 331 Å². The van der Waals surface area contributed by atoms with Crippen LogP contribution in [0.2, 0.25) is 0 Å². The van der Waals surface area contributed by atoms with Gasteiger partial charge in [0.05, 0.1) is 5.41 Å². The van der Waals surface area contributed by atoms with Crippen molar-refractivity contribution in [2.45, 2.75) is 49.9 Å². The van der Waals surface area contributed by atoms with Gasteiger partial charge in [-0.25, -0.2) is 0 Å². The molecule has 268 valence electrons. The monoisotopic (exact) mass is 716 g/mol. The second-order valence-electron chi connectivity index (χ2n) is 16.8. The van der Waals surface area contributed by atoms with Crippen LogP contribution in [-0.4, -0.2) is 0 Å². The maximum Gasteiger partial charge on any atom is 0.0725 e. The number of rotatable bonds is 6. The van der Waals surface area contributed by atoms with E-state index in [9.17, 15) is 0 Å². The van der Waals surface area contributed by atoms with Crippen molar-refractivity contribution in [1.29, 1.82) is 0 Å². The van der Waals surface area contributed by atoms with Crippen LogP contribution < -0.4 is 0 Å². The van der Waals surface area contributed by atoms with Crippen LogP contribution in [0.4, 0.5) is 0 Å². The number of hydrogen-bond donors (Lipinski definition) is 0. The molecule has 56 heavy (non-hydrogen) atoms. The van der Waals surface area contributed by atoms with Crippen LogP contribution in [0.1, 0.15) is 82.7 Å². The number of hydrogen-bond acceptors (Lipinski definition) is 0. The maximum absolute atomic E-state index is 2.60. The molecule has 0 fully saturated rings. The molecule has 0 aromatic heterocycles. The molecule has 0 N–H and O–H groups in total. The van der Waals surface area contributed by atoms with Crippen molar-refractivity contribution in [3.05, 3.63) is 238 Å². The lowest BCUT2D eigenvalue weighted by Gasteiger charge is -2.32. The third kappa shape index (κ3) is 4.59. The lowest BCUT2D eigenvalue weighted by atomic mass is 9.69. The summed E-state index contributed by atoms with van der Waals surface area (Å²) in [5.74, 6) is 0.479. The highest BCUT2D eigenvalue weighted by Gasteiger charge is 2.51. The molecule has 0 nitrogen and oxygen atoms in total. The van der Waals surface area contributed by atoms with Gasteiger partial charge in [-0.1, -0.05) is 209 Å². The Morgan fingerprint density at radius 1 is 0.375 bits per heavy atom. The fraction of sp³-hybridized carbons (Fsp3) is 0.143. The van der Waals surface area contributed by atoms with Gasteiger partial charge in [-0.05, 0) is 113 Å². The number of benzene rings is 8. The summed E-state index contributed by atoms with van der Waals surface area (Å²) in [5.41, 5.74) is 23.0. The minimum atomic E-state index is -0.354. The van der Waals surface area contributed by atoms with Crippen molar-refractivity contribution in [2.24, 2.45) is 0 Å². The average Bonchev–Trinajstić information content (AvgIpc) is 3.81. The van der Waals surface area contributed by atoms with Crippen molar-refractivity contribution in [3.8, 4) is 44.5 Å². The SMILES string of the molecule is CC(c1ccc2c(c1)C1(c3ccccc3-c3ccccc31)c1ccccc1-2)C(Cc1ccccc1-c1ccccc1)c1ccc2c(c1)C(C)(C)c1ccccc1-2. The van der Waals surface area contributed by atoms with Gasteiger partial charge in [0.2, 0.25) is 0 Å². The van der Waals surface area contributed by atoms with Gasteiger partial charge in [-0.3, -0.25) is 0 Å². The fourth-order valence-electron chi connectivity index (χ4n) is 11.0. The van der Waals surface area contributed by atoms with Crippen LogP contribution in [0.3, 0.4) is 0 Å². The summed E-state index contributed by atoms with van der Waals surface area (Å²) in [5, 5.41) is 0. The molecule has 2 atom stereocenters. The summed E-state index contributed by atoms with van der Waals surface area (Å²) in [6, 6.07) is 71.3. The lowest BCUT2D eigenvalue weighted by Crippen LogP contribution is -2.26. The van der Waals surface area contributed by atoms with Crippen LogP contribution in [0.15, 0.2) is 188 Å². The van der Waals surface area contributed by atoms with E-state index in [2.05, 4.69) is 209 Å². The van der Waals surface area contributed by atoms with Gasteiger partial charge in [-0.2, -0.15) is 0 Å². The van der Waals surface area contributed by atoms with E-state index >= 15 is 0 Å². The Morgan fingerprint density at radius 2 is 0.804 bits per heavy atom. The second kappa shape index (κ2) is 12.4. The van der Waals surface area contributed by atoms with Crippen LogP contribution in [0, 0.1) is 0 Å². The van der Waals surface area contributed by atoms with E-state index in [1.165, 1.54) is 94.6 Å². The topological polar surface area (TPSA) is 0 Å². The molecule has 8 aromatic carbocycles. The third-order valence-corrected chi connectivity index (χ3v) is 13.7. The minimum absolute atomic E-state index is 0.0628. The smallest absolute Gasteiger partial charge is 0.0622 e. The van der Waals surface area contributed by atoms with Crippen LogP contribution in [-0.2, 0) is 17.3 Å². The van der Waals surface area contributed by atoms with Crippen molar-refractivity contribution in [3.63, 3.8) is 0 Å². The summed E-state index contributed by atoms with van der Waals surface area (Å²) in [4.78, 5) is 0. The maximum atomic E-state index is 2.60. The standard InChI is InChI=1S/C56H44/c1-36(38-29-31-47-45-24-12-16-28-52(45)56(54(47)34-38)50-26-14-10-22-43(50)44-23-11-15-27-51(44)56)48(33-39-19-7-8-20-41(39)37-17-5-4-6-18-37)40-30-32-46-42-21-9-13-25-49(42)55(2,3)53(46)35-40/h4-32,34-36,48H,33H2,1-3H3. The van der Waals surface area contributed by atoms with Gasteiger partial charge >= 0.3 is 0 Å². The lowest BCUT2D eigenvalue weighted by molar-refractivity contribution is 0.569. The molecule has 0 radical (unpaired) electrons. The molecule has 0 bridgehead atoms. The third-order valence-electron chi connectivity index (χ3n) is 13.7. The highest BCUT2D eigenvalue weighted by molar-refractivity contribution is 5.95. The molecular formula is C56H44.